The van der Waals surface area contributed by atoms with Gasteiger partial charge in [0.15, 0.2) is 0 Å². The van der Waals surface area contributed by atoms with Gasteiger partial charge in [-0.3, -0.25) is 9.59 Å². The molecule has 0 saturated carbocycles. The maximum Gasteiger partial charge on any atom is 0.245 e. The van der Waals surface area contributed by atoms with Gasteiger partial charge in [0.05, 0.1) is 13.7 Å². The quantitative estimate of drug-likeness (QED) is 0.735. The fourth-order valence-corrected chi connectivity index (χ4v) is 3.01. The monoisotopic (exact) mass is 334 g/mol. The zero-order valence-electron chi connectivity index (χ0n) is 14.6. The number of benzene rings is 1. The second-order valence-electron chi connectivity index (χ2n) is 6.17. The summed E-state index contributed by atoms with van der Waals surface area (Å²) in [6.45, 7) is 3.34. The Bertz CT molecular complexity index is 590. The van der Waals surface area contributed by atoms with Gasteiger partial charge in [-0.05, 0) is 25.8 Å². The minimum Gasteiger partial charge on any atom is -0.496 e. The molecule has 1 aliphatic heterocycles. The lowest BCUT2D eigenvalue weighted by Gasteiger charge is -2.34. The largest absolute Gasteiger partial charge is 0.496 e. The molecule has 1 N–H and O–H groups in total. The van der Waals surface area contributed by atoms with E-state index in [0.29, 0.717) is 32.5 Å². The number of methoxy groups -OCH3 is 2. The predicted molar refractivity (Wildman–Crippen MR) is 90.7 cm³/mol. The third-order valence-corrected chi connectivity index (χ3v) is 4.54. The number of para-hydroxylation sites is 1. The molecule has 0 aromatic heterocycles. The Morgan fingerprint density at radius 3 is 2.79 bits per heavy atom. The van der Waals surface area contributed by atoms with E-state index in [1.165, 1.54) is 0 Å². The highest BCUT2D eigenvalue weighted by Gasteiger charge is 2.47. The summed E-state index contributed by atoms with van der Waals surface area (Å²) in [6.07, 6.45) is 1.66. The average Bonchev–Trinajstić information content (AvgIpc) is 2.88. The number of ether oxygens (including phenoxy) is 2. The maximum atomic E-state index is 12.7. The second kappa shape index (κ2) is 8.15. The fraction of sp³-hybridized carbons (Fsp3) is 0.556. The van der Waals surface area contributed by atoms with E-state index in [9.17, 15) is 9.59 Å². The van der Waals surface area contributed by atoms with Crippen molar-refractivity contribution < 1.29 is 19.1 Å². The second-order valence-corrected chi connectivity index (χ2v) is 6.17. The number of nitrogens with one attached hydrogen (secondary N) is 1. The maximum absolute atomic E-state index is 12.7. The van der Waals surface area contributed by atoms with Crippen LogP contribution >= 0.6 is 0 Å². The fourth-order valence-electron chi connectivity index (χ4n) is 3.01. The SMILES string of the molecule is COCCCNC(=O)C1(C)CCC(=O)N1Cc1ccccc1OC. The van der Waals surface area contributed by atoms with Gasteiger partial charge in [-0.2, -0.15) is 0 Å². The lowest BCUT2D eigenvalue weighted by Crippen LogP contribution is -2.54. The summed E-state index contributed by atoms with van der Waals surface area (Å²) in [7, 11) is 3.24. The Morgan fingerprint density at radius 1 is 1.33 bits per heavy atom. The summed E-state index contributed by atoms with van der Waals surface area (Å²) < 4.78 is 10.3. The number of hydrogen-bond donors (Lipinski definition) is 1. The molecule has 0 aliphatic carbocycles. The van der Waals surface area contributed by atoms with Crippen LogP contribution in [0.4, 0.5) is 0 Å². The van der Waals surface area contributed by atoms with Crippen molar-refractivity contribution in [2.75, 3.05) is 27.4 Å². The van der Waals surface area contributed by atoms with E-state index in [1.807, 2.05) is 31.2 Å². The molecule has 2 rings (SSSR count). The molecule has 2 amide bonds. The Labute approximate surface area is 143 Å². The van der Waals surface area contributed by atoms with E-state index in [1.54, 1.807) is 19.1 Å². The molecule has 132 valence electrons. The van der Waals surface area contributed by atoms with Gasteiger partial charge in [-0.1, -0.05) is 18.2 Å². The van der Waals surface area contributed by atoms with Crippen molar-refractivity contribution in [2.24, 2.45) is 0 Å². The Hall–Kier alpha value is -2.08. The molecule has 1 heterocycles. The van der Waals surface area contributed by atoms with Crippen LogP contribution in [-0.2, 0) is 20.9 Å². The van der Waals surface area contributed by atoms with Gasteiger partial charge in [0.1, 0.15) is 11.3 Å². The number of rotatable bonds is 8. The highest BCUT2D eigenvalue weighted by atomic mass is 16.5. The first-order valence-electron chi connectivity index (χ1n) is 8.22. The number of amides is 2. The zero-order chi connectivity index (χ0) is 17.6. The van der Waals surface area contributed by atoms with Crippen LogP contribution in [0.1, 0.15) is 31.7 Å². The minimum atomic E-state index is -0.828. The van der Waals surface area contributed by atoms with Gasteiger partial charge in [-0.15, -0.1) is 0 Å². The first-order chi connectivity index (χ1) is 11.5. The van der Waals surface area contributed by atoms with Crippen molar-refractivity contribution in [3.63, 3.8) is 0 Å². The number of carbonyl (C=O) groups is 2. The number of nitrogens with zero attached hydrogens (tertiary/aromatic N) is 1. The first-order valence-corrected chi connectivity index (χ1v) is 8.22. The predicted octanol–water partition coefficient (Wildman–Crippen LogP) is 1.73. The van der Waals surface area contributed by atoms with Crippen LogP contribution in [0.5, 0.6) is 5.75 Å². The average molecular weight is 334 g/mol. The highest BCUT2D eigenvalue weighted by Crippen LogP contribution is 2.33. The topological polar surface area (TPSA) is 67.9 Å². The minimum absolute atomic E-state index is 0.00422. The van der Waals surface area contributed by atoms with Crippen LogP contribution in [0.3, 0.4) is 0 Å². The van der Waals surface area contributed by atoms with Gasteiger partial charge in [0, 0.05) is 32.2 Å². The van der Waals surface area contributed by atoms with Crippen LogP contribution < -0.4 is 10.1 Å². The molecule has 6 nitrogen and oxygen atoms in total. The summed E-state index contributed by atoms with van der Waals surface area (Å²) >= 11 is 0. The van der Waals surface area contributed by atoms with E-state index in [2.05, 4.69) is 5.32 Å². The third-order valence-electron chi connectivity index (χ3n) is 4.54. The van der Waals surface area contributed by atoms with E-state index < -0.39 is 5.54 Å². The molecule has 1 unspecified atom stereocenters. The number of hydrogen-bond acceptors (Lipinski definition) is 4. The van der Waals surface area contributed by atoms with Gasteiger partial charge >= 0.3 is 0 Å². The molecule has 1 aromatic rings. The normalized spacial score (nSPS) is 20.3. The van der Waals surface area contributed by atoms with Crippen molar-refractivity contribution in [1.82, 2.24) is 10.2 Å². The summed E-state index contributed by atoms with van der Waals surface area (Å²) in [5, 5.41) is 2.92. The third kappa shape index (κ3) is 3.87. The lowest BCUT2D eigenvalue weighted by molar-refractivity contribution is -0.141. The molecule has 24 heavy (non-hydrogen) atoms. The van der Waals surface area contributed by atoms with Gasteiger partial charge in [0.2, 0.25) is 11.8 Å². The molecule has 1 atom stereocenters. The van der Waals surface area contributed by atoms with E-state index in [0.717, 1.165) is 17.7 Å². The highest BCUT2D eigenvalue weighted by molar-refractivity contribution is 5.94. The van der Waals surface area contributed by atoms with Crippen LogP contribution in [-0.4, -0.2) is 49.6 Å². The lowest BCUT2D eigenvalue weighted by atomic mass is 9.97. The van der Waals surface area contributed by atoms with Crippen LogP contribution in [0.15, 0.2) is 24.3 Å². The van der Waals surface area contributed by atoms with Crippen LogP contribution in [0.2, 0.25) is 0 Å². The van der Waals surface area contributed by atoms with Gasteiger partial charge in [0.25, 0.3) is 0 Å². The zero-order valence-corrected chi connectivity index (χ0v) is 14.6. The Morgan fingerprint density at radius 2 is 2.08 bits per heavy atom. The number of likely N-dealkylation sites (tertiary alicyclic amines) is 1. The molecule has 0 radical (unpaired) electrons. The Balaban J connectivity index is 2.11. The molecule has 0 bridgehead atoms. The van der Waals surface area contributed by atoms with Gasteiger partial charge < -0.3 is 19.7 Å². The van der Waals surface area contributed by atoms with Crippen LogP contribution in [0.25, 0.3) is 0 Å². The van der Waals surface area contributed by atoms with E-state index in [4.69, 9.17) is 9.47 Å². The van der Waals surface area contributed by atoms with Crippen molar-refractivity contribution >= 4 is 11.8 Å². The molecule has 1 aromatic carbocycles. The first kappa shape index (κ1) is 18.3. The van der Waals surface area contributed by atoms with E-state index in [-0.39, 0.29) is 11.8 Å². The molecule has 1 fully saturated rings. The molecule has 1 saturated heterocycles. The smallest absolute Gasteiger partial charge is 0.245 e. The van der Waals surface area contributed by atoms with Gasteiger partial charge in [-0.25, -0.2) is 0 Å². The van der Waals surface area contributed by atoms with Crippen molar-refractivity contribution in [3.8, 4) is 5.75 Å². The van der Waals surface area contributed by atoms with Crippen molar-refractivity contribution in [3.05, 3.63) is 29.8 Å². The molecular weight excluding hydrogens is 308 g/mol. The summed E-state index contributed by atoms with van der Waals surface area (Å²) in [5.41, 5.74) is 0.0685. The van der Waals surface area contributed by atoms with Crippen molar-refractivity contribution in [2.45, 2.75) is 38.3 Å². The molecule has 6 heteroatoms. The summed E-state index contributed by atoms with van der Waals surface area (Å²) in [5.74, 6) is 0.606. The molecular formula is C18H26N2O4. The standard InChI is InChI=1S/C18H26N2O4/c1-18(17(22)19-11-6-12-23-2)10-9-16(21)20(18)13-14-7-4-5-8-15(14)24-3/h4-5,7-8H,6,9-13H2,1-3H3,(H,19,22). The summed E-state index contributed by atoms with van der Waals surface area (Å²) in [4.78, 5) is 26.7. The van der Waals surface area contributed by atoms with Crippen molar-refractivity contribution in [1.29, 1.82) is 0 Å². The summed E-state index contributed by atoms with van der Waals surface area (Å²) in [6, 6.07) is 7.57. The van der Waals surface area contributed by atoms with Crippen LogP contribution in [0, 0.1) is 0 Å². The Kier molecular flexibility index (Phi) is 6.20. The molecule has 0 spiro atoms. The van der Waals surface area contributed by atoms with E-state index >= 15 is 0 Å². The molecule has 1 aliphatic rings. The number of carbonyl (C=O) groups excluding carboxylic acids is 2.